The predicted octanol–water partition coefficient (Wildman–Crippen LogP) is 4.19. The smallest absolute Gasteiger partial charge is 0.261 e. The summed E-state index contributed by atoms with van der Waals surface area (Å²) in [6.45, 7) is 1.86. The topological polar surface area (TPSA) is 75.3 Å². The molecule has 138 valence electrons. The highest BCUT2D eigenvalue weighted by molar-refractivity contribution is 7.92. The summed E-state index contributed by atoms with van der Waals surface area (Å²) in [6, 6.07) is 18.0. The molecule has 3 aromatic carbocycles. The van der Waals surface area contributed by atoms with Gasteiger partial charge in [-0.2, -0.15) is 0 Å². The molecule has 0 bridgehead atoms. The summed E-state index contributed by atoms with van der Waals surface area (Å²) in [5, 5.41) is 2.77. The molecule has 0 radical (unpaired) electrons. The van der Waals surface area contributed by atoms with E-state index in [-0.39, 0.29) is 16.1 Å². The molecule has 0 aliphatic carbocycles. The zero-order chi connectivity index (χ0) is 19.4. The third-order valence-corrected chi connectivity index (χ3v) is 5.28. The summed E-state index contributed by atoms with van der Waals surface area (Å²) < 4.78 is 40.4. The van der Waals surface area contributed by atoms with Gasteiger partial charge in [-0.3, -0.25) is 9.52 Å². The fraction of sp³-hybridized carbons (Fsp3) is 0.0500. The third-order valence-electron chi connectivity index (χ3n) is 3.90. The minimum absolute atomic E-state index is 0.0655. The predicted molar refractivity (Wildman–Crippen MR) is 103 cm³/mol. The van der Waals surface area contributed by atoms with Crippen LogP contribution in [-0.4, -0.2) is 14.3 Å². The number of carbonyl (C=O) groups excluding carboxylic acids is 1. The number of halogens is 1. The Morgan fingerprint density at radius 1 is 0.926 bits per heavy atom. The van der Waals surface area contributed by atoms with E-state index in [1.807, 2.05) is 19.1 Å². The van der Waals surface area contributed by atoms with Crippen LogP contribution in [0, 0.1) is 12.7 Å². The maximum Gasteiger partial charge on any atom is 0.261 e. The van der Waals surface area contributed by atoms with Crippen molar-refractivity contribution < 1.29 is 17.6 Å². The summed E-state index contributed by atoms with van der Waals surface area (Å²) >= 11 is 0. The number of aryl methyl sites for hydroxylation is 1. The first-order chi connectivity index (χ1) is 12.8. The summed E-state index contributed by atoms with van der Waals surface area (Å²) in [5.74, 6) is -0.879. The lowest BCUT2D eigenvalue weighted by atomic mass is 10.1. The van der Waals surface area contributed by atoms with Crippen LogP contribution in [-0.2, 0) is 10.0 Å². The molecule has 3 aromatic rings. The monoisotopic (exact) mass is 384 g/mol. The normalized spacial score (nSPS) is 11.0. The molecule has 0 aromatic heterocycles. The molecule has 27 heavy (non-hydrogen) atoms. The van der Waals surface area contributed by atoms with Gasteiger partial charge in [0.2, 0.25) is 0 Å². The highest BCUT2D eigenvalue weighted by Gasteiger charge is 2.17. The lowest BCUT2D eigenvalue weighted by molar-refractivity contribution is 0.102. The number of rotatable bonds is 5. The average Bonchev–Trinajstić information content (AvgIpc) is 2.65. The summed E-state index contributed by atoms with van der Waals surface area (Å²) in [5.41, 5.74) is 1.99. The van der Waals surface area contributed by atoms with Gasteiger partial charge in [0.1, 0.15) is 5.82 Å². The molecule has 0 unspecified atom stereocenters. The molecule has 3 rings (SSSR count). The Labute approximate surface area is 156 Å². The molecule has 7 heteroatoms. The SMILES string of the molecule is Cc1ccccc1NC(=O)c1cccc(S(=O)(=O)Nc2ccc(F)cc2)c1. The molecule has 0 saturated carbocycles. The molecule has 0 heterocycles. The lowest BCUT2D eigenvalue weighted by Gasteiger charge is -2.11. The molecule has 0 aliphatic heterocycles. The number of amides is 1. The number of anilines is 2. The first-order valence-electron chi connectivity index (χ1n) is 8.10. The van der Waals surface area contributed by atoms with Crippen molar-refractivity contribution in [3.63, 3.8) is 0 Å². The second-order valence-electron chi connectivity index (χ2n) is 5.91. The molecule has 5 nitrogen and oxygen atoms in total. The zero-order valence-electron chi connectivity index (χ0n) is 14.4. The van der Waals surface area contributed by atoms with Gasteiger partial charge in [0, 0.05) is 16.9 Å². The molecular weight excluding hydrogens is 367 g/mol. The van der Waals surface area contributed by atoms with Crippen LogP contribution in [0.4, 0.5) is 15.8 Å². The van der Waals surface area contributed by atoms with E-state index in [2.05, 4.69) is 10.0 Å². The Bertz CT molecular complexity index is 1080. The van der Waals surface area contributed by atoms with Crippen molar-refractivity contribution in [1.29, 1.82) is 0 Å². The number of para-hydroxylation sites is 1. The molecule has 0 atom stereocenters. The second kappa shape index (κ2) is 7.59. The van der Waals surface area contributed by atoms with Gasteiger partial charge in [0.25, 0.3) is 15.9 Å². The highest BCUT2D eigenvalue weighted by atomic mass is 32.2. The van der Waals surface area contributed by atoms with Crippen molar-refractivity contribution >= 4 is 27.3 Å². The largest absolute Gasteiger partial charge is 0.322 e. The van der Waals surface area contributed by atoms with Gasteiger partial charge >= 0.3 is 0 Å². The van der Waals surface area contributed by atoms with Crippen molar-refractivity contribution in [1.82, 2.24) is 0 Å². The maximum atomic E-state index is 13.0. The first-order valence-corrected chi connectivity index (χ1v) is 9.59. The molecular formula is C20H17FN2O3S. The summed E-state index contributed by atoms with van der Waals surface area (Å²) in [4.78, 5) is 12.4. The van der Waals surface area contributed by atoms with E-state index in [4.69, 9.17) is 0 Å². The minimum atomic E-state index is -3.92. The first kappa shape index (κ1) is 18.6. The van der Waals surface area contributed by atoms with Gasteiger partial charge in [-0.25, -0.2) is 12.8 Å². The van der Waals surface area contributed by atoms with E-state index >= 15 is 0 Å². The molecule has 0 saturated heterocycles. The average molecular weight is 384 g/mol. The van der Waals surface area contributed by atoms with Crippen molar-refractivity contribution in [2.45, 2.75) is 11.8 Å². The van der Waals surface area contributed by atoms with Gasteiger partial charge in [0.05, 0.1) is 4.90 Å². The van der Waals surface area contributed by atoms with Crippen LogP contribution in [0.3, 0.4) is 0 Å². The van der Waals surface area contributed by atoms with Gasteiger partial charge < -0.3 is 5.32 Å². The lowest BCUT2D eigenvalue weighted by Crippen LogP contribution is -2.16. The van der Waals surface area contributed by atoms with Crippen molar-refractivity contribution in [3.8, 4) is 0 Å². The van der Waals surface area contributed by atoms with Crippen LogP contribution < -0.4 is 10.0 Å². The van der Waals surface area contributed by atoms with Gasteiger partial charge in [-0.15, -0.1) is 0 Å². The minimum Gasteiger partial charge on any atom is -0.322 e. The third kappa shape index (κ3) is 4.51. The number of hydrogen-bond donors (Lipinski definition) is 2. The van der Waals surface area contributed by atoms with Crippen LogP contribution in [0.5, 0.6) is 0 Å². The molecule has 1 amide bonds. The van der Waals surface area contributed by atoms with E-state index in [1.54, 1.807) is 12.1 Å². The van der Waals surface area contributed by atoms with Crippen molar-refractivity contribution in [2.75, 3.05) is 10.0 Å². The van der Waals surface area contributed by atoms with Gasteiger partial charge in [0.15, 0.2) is 0 Å². The molecule has 0 fully saturated rings. The fourth-order valence-electron chi connectivity index (χ4n) is 2.44. The fourth-order valence-corrected chi connectivity index (χ4v) is 3.55. The van der Waals surface area contributed by atoms with Gasteiger partial charge in [-0.1, -0.05) is 24.3 Å². The van der Waals surface area contributed by atoms with Crippen LogP contribution in [0.15, 0.2) is 77.7 Å². The second-order valence-corrected chi connectivity index (χ2v) is 7.59. The number of nitrogens with one attached hydrogen (secondary N) is 2. The Hall–Kier alpha value is -3.19. The van der Waals surface area contributed by atoms with Crippen LogP contribution >= 0.6 is 0 Å². The van der Waals surface area contributed by atoms with Crippen LogP contribution in [0.25, 0.3) is 0 Å². The number of carbonyl (C=O) groups is 1. The standard InChI is InChI=1S/C20H17FN2O3S/c1-14-5-2-3-8-19(14)22-20(24)15-6-4-7-18(13-15)27(25,26)23-17-11-9-16(21)10-12-17/h2-13,23H,1H3,(H,22,24). The Morgan fingerprint density at radius 3 is 2.33 bits per heavy atom. The van der Waals surface area contributed by atoms with Gasteiger partial charge in [-0.05, 0) is 61.0 Å². The maximum absolute atomic E-state index is 13.0. The van der Waals surface area contributed by atoms with E-state index in [1.165, 1.54) is 36.4 Å². The summed E-state index contributed by atoms with van der Waals surface area (Å²) in [6.07, 6.45) is 0. The Balaban J connectivity index is 1.83. The van der Waals surface area contributed by atoms with Crippen LogP contribution in [0.2, 0.25) is 0 Å². The van der Waals surface area contributed by atoms with E-state index in [0.29, 0.717) is 5.69 Å². The van der Waals surface area contributed by atoms with Crippen molar-refractivity contribution in [3.05, 3.63) is 89.7 Å². The Kier molecular flexibility index (Phi) is 5.23. The number of sulfonamides is 1. The molecule has 0 aliphatic rings. The summed E-state index contributed by atoms with van der Waals surface area (Å²) in [7, 11) is -3.92. The van der Waals surface area contributed by atoms with E-state index < -0.39 is 21.7 Å². The quantitative estimate of drug-likeness (QED) is 0.693. The highest BCUT2D eigenvalue weighted by Crippen LogP contribution is 2.19. The molecule has 0 spiro atoms. The van der Waals surface area contributed by atoms with E-state index in [0.717, 1.165) is 17.7 Å². The Morgan fingerprint density at radius 2 is 1.63 bits per heavy atom. The number of hydrogen-bond acceptors (Lipinski definition) is 3. The van der Waals surface area contributed by atoms with Crippen molar-refractivity contribution in [2.24, 2.45) is 0 Å². The van der Waals surface area contributed by atoms with Crippen LogP contribution in [0.1, 0.15) is 15.9 Å². The molecule has 2 N–H and O–H groups in total. The zero-order valence-corrected chi connectivity index (χ0v) is 15.3. The number of benzene rings is 3. The van der Waals surface area contributed by atoms with E-state index in [9.17, 15) is 17.6 Å².